The van der Waals surface area contributed by atoms with Crippen molar-refractivity contribution in [3.05, 3.63) is 87.9 Å². The van der Waals surface area contributed by atoms with E-state index in [-0.39, 0.29) is 50.4 Å². The lowest BCUT2D eigenvalue weighted by atomic mass is 9.74. The highest BCUT2D eigenvalue weighted by Crippen LogP contribution is 2.59. The first-order valence-electron chi connectivity index (χ1n) is 18.2. The van der Waals surface area contributed by atoms with Crippen LogP contribution in [0.15, 0.2) is 71.2 Å². The Bertz CT molecular complexity index is 1720. The number of allylic oxidation sites excluding steroid dienone is 1. The molecule has 11 nitrogen and oxygen atoms in total. The molecule has 0 aliphatic carbocycles. The van der Waals surface area contributed by atoms with Gasteiger partial charge in [0.2, 0.25) is 11.8 Å². The van der Waals surface area contributed by atoms with E-state index in [0.29, 0.717) is 35.0 Å². The van der Waals surface area contributed by atoms with E-state index in [1.807, 2.05) is 80.6 Å². The number of aryl methyl sites for hydroxylation is 2. The van der Waals surface area contributed by atoms with Crippen LogP contribution in [0.4, 0.5) is 5.69 Å². The van der Waals surface area contributed by atoms with Crippen LogP contribution in [0.1, 0.15) is 61.3 Å². The molecule has 7 atom stereocenters. The summed E-state index contributed by atoms with van der Waals surface area (Å²) in [5.41, 5.74) is 1.79. The van der Waals surface area contributed by atoms with Crippen LogP contribution in [0, 0.1) is 25.7 Å². The lowest BCUT2D eigenvalue weighted by molar-refractivity contribution is -0.162. The van der Waals surface area contributed by atoms with E-state index in [1.54, 1.807) is 9.80 Å². The molecule has 0 saturated carbocycles. The summed E-state index contributed by atoms with van der Waals surface area (Å²) in [6, 6.07) is 13.3. The van der Waals surface area contributed by atoms with E-state index in [2.05, 4.69) is 21.2 Å². The molecule has 4 heterocycles. The average Bonchev–Trinajstić information content (AvgIpc) is 3.72. The number of fused-ring (bicyclic) bond motifs is 2. The van der Waals surface area contributed by atoms with Gasteiger partial charge in [-0.05, 0) is 61.9 Å². The average molecular weight is 779 g/mol. The van der Waals surface area contributed by atoms with Crippen LogP contribution in [-0.4, -0.2) is 90.9 Å². The molecule has 2 N–H and O–H groups in total. The molecule has 12 heteroatoms. The van der Waals surface area contributed by atoms with Crippen LogP contribution >= 0.6 is 15.9 Å². The molecule has 2 fully saturated rings. The number of carbonyl (C=O) groups is 4. The number of nitrogens with zero attached hydrogens (tertiary/aromatic N) is 2. The van der Waals surface area contributed by atoms with Crippen molar-refractivity contribution in [2.45, 2.75) is 82.3 Å². The third kappa shape index (κ3) is 7.35. The molecular weight excluding hydrogens is 730 g/mol. The van der Waals surface area contributed by atoms with Gasteiger partial charge >= 0.3 is 5.97 Å². The van der Waals surface area contributed by atoms with Crippen molar-refractivity contribution in [2.75, 3.05) is 38.3 Å². The zero-order chi connectivity index (χ0) is 37.0. The van der Waals surface area contributed by atoms with Crippen molar-refractivity contribution in [3.8, 4) is 0 Å². The number of likely N-dealkylation sites (tertiary alicyclic amines) is 1. The Morgan fingerprint density at radius 2 is 1.75 bits per heavy atom. The topological polar surface area (TPSA) is 135 Å². The number of aliphatic hydroxyl groups excluding tert-OH is 1. The van der Waals surface area contributed by atoms with Crippen LogP contribution < -0.4 is 10.2 Å². The SMILES string of the molecule is COC[C@@H]1NC(=O)CC/C=C\CN(c2cc(C)ccc2C)C(=O)[C@H]2N(CCCCCCO)C(=O)[C@@H]3[C@@H](C(=O)O[C@H]1c1ccccc1)[C@@H]1O[C@@]32C=C1Br. The quantitative estimate of drug-likeness (QED) is 0.199. The number of anilines is 1. The molecule has 278 valence electrons. The maximum absolute atomic E-state index is 15.2. The Hall–Kier alpha value is -3.84. The van der Waals surface area contributed by atoms with E-state index >= 15 is 4.79 Å². The molecule has 2 aromatic carbocycles. The molecule has 2 aromatic rings. The summed E-state index contributed by atoms with van der Waals surface area (Å²) in [5, 5.41) is 12.4. The number of cyclic esters (lactones) is 1. The number of hydrogen-bond acceptors (Lipinski definition) is 8. The van der Waals surface area contributed by atoms with Crippen molar-refractivity contribution in [2.24, 2.45) is 11.8 Å². The van der Waals surface area contributed by atoms with Crippen LogP contribution in [0.25, 0.3) is 0 Å². The Labute approximate surface area is 313 Å². The first kappa shape index (κ1) is 37.9. The Balaban J connectivity index is 1.47. The van der Waals surface area contributed by atoms with Gasteiger partial charge in [0.1, 0.15) is 29.8 Å². The molecule has 52 heavy (non-hydrogen) atoms. The number of esters is 1. The van der Waals surface area contributed by atoms with Gasteiger partial charge in [-0.1, -0.05) is 83.4 Å². The predicted molar refractivity (Wildman–Crippen MR) is 198 cm³/mol. The monoisotopic (exact) mass is 777 g/mol. The van der Waals surface area contributed by atoms with Crippen molar-refractivity contribution in [3.63, 3.8) is 0 Å². The van der Waals surface area contributed by atoms with E-state index in [0.717, 1.165) is 24.0 Å². The summed E-state index contributed by atoms with van der Waals surface area (Å²) in [6.45, 7) is 4.54. The fraction of sp³-hybridized carbons (Fsp3) is 0.500. The second-order valence-electron chi connectivity index (χ2n) is 14.1. The number of methoxy groups -OCH3 is 1. The smallest absolute Gasteiger partial charge is 0.313 e. The number of amides is 3. The second-order valence-corrected chi connectivity index (χ2v) is 15.1. The van der Waals surface area contributed by atoms with Crippen LogP contribution in [0.5, 0.6) is 0 Å². The van der Waals surface area contributed by atoms with Gasteiger partial charge in [-0.25, -0.2) is 0 Å². The maximum Gasteiger partial charge on any atom is 0.313 e. The minimum atomic E-state index is -1.43. The highest BCUT2D eigenvalue weighted by atomic mass is 79.9. The second kappa shape index (κ2) is 16.4. The Morgan fingerprint density at radius 3 is 2.50 bits per heavy atom. The summed E-state index contributed by atoms with van der Waals surface area (Å²) in [5.74, 6) is -3.63. The van der Waals surface area contributed by atoms with E-state index < -0.39 is 47.7 Å². The van der Waals surface area contributed by atoms with Crippen molar-refractivity contribution in [1.29, 1.82) is 0 Å². The molecule has 0 aromatic heterocycles. The summed E-state index contributed by atoms with van der Waals surface area (Å²) >= 11 is 3.65. The summed E-state index contributed by atoms with van der Waals surface area (Å²) in [4.78, 5) is 61.2. The fourth-order valence-corrected chi connectivity index (χ4v) is 8.86. The summed E-state index contributed by atoms with van der Waals surface area (Å²) in [6.07, 6.45) is 7.18. The van der Waals surface area contributed by atoms with Crippen molar-refractivity contribution >= 4 is 45.3 Å². The van der Waals surface area contributed by atoms with Crippen LogP contribution in [-0.2, 0) is 33.4 Å². The number of unbranched alkanes of at least 4 members (excludes halogenated alkanes) is 3. The van der Waals surface area contributed by atoms with Crippen molar-refractivity contribution < 1.29 is 38.5 Å². The van der Waals surface area contributed by atoms with E-state index in [1.165, 1.54) is 7.11 Å². The Morgan fingerprint density at radius 1 is 0.981 bits per heavy atom. The summed E-state index contributed by atoms with van der Waals surface area (Å²) in [7, 11) is 1.52. The number of benzene rings is 2. The van der Waals surface area contributed by atoms with Gasteiger partial charge in [-0.15, -0.1) is 0 Å². The number of ether oxygens (including phenoxy) is 3. The lowest BCUT2D eigenvalue weighted by Crippen LogP contribution is -2.56. The molecule has 6 rings (SSSR count). The lowest BCUT2D eigenvalue weighted by Gasteiger charge is -2.36. The maximum atomic E-state index is 15.2. The normalized spacial score (nSPS) is 29.9. The standard InChI is InChI=1S/C40H48BrN3O8/c1-25-17-18-26(2)30(22-25)43-19-12-7-10-16-31(46)42-29(24-50-3)34(27-14-8-6-9-15-27)51-39(49)32-33-37(47)44(20-11-4-5-13-21-45)36(38(43)48)40(33)23-28(41)35(32)52-40/h6-9,12,14-15,17-18,22-23,29,32-36,45H,4-5,10-11,13,16,19-21,24H2,1-3H3,(H,42,46)/b12-7-/t29-,32+,33-,34-,35+,36+,40-/m0/s1. The molecule has 2 saturated heterocycles. The van der Waals surface area contributed by atoms with Crippen LogP contribution in [0.2, 0.25) is 0 Å². The van der Waals surface area contributed by atoms with Gasteiger partial charge in [0.25, 0.3) is 5.91 Å². The van der Waals surface area contributed by atoms with Gasteiger partial charge in [0, 0.05) is 43.4 Å². The van der Waals surface area contributed by atoms with Gasteiger partial charge < -0.3 is 34.4 Å². The first-order chi connectivity index (χ1) is 25.1. The van der Waals surface area contributed by atoms with E-state index in [9.17, 15) is 19.5 Å². The molecule has 0 radical (unpaired) electrons. The Kier molecular flexibility index (Phi) is 12.0. The minimum Gasteiger partial charge on any atom is -0.455 e. The van der Waals surface area contributed by atoms with Gasteiger partial charge in [-0.3, -0.25) is 19.2 Å². The van der Waals surface area contributed by atoms with Gasteiger partial charge in [0.15, 0.2) is 0 Å². The number of hydrogen-bond donors (Lipinski definition) is 2. The van der Waals surface area contributed by atoms with Gasteiger partial charge in [-0.2, -0.15) is 0 Å². The molecule has 4 aliphatic heterocycles. The molecular formula is C40H48BrN3O8. The third-order valence-corrected chi connectivity index (χ3v) is 11.3. The van der Waals surface area contributed by atoms with Crippen molar-refractivity contribution in [1.82, 2.24) is 10.2 Å². The number of aliphatic hydroxyl groups is 1. The zero-order valence-electron chi connectivity index (χ0n) is 30.0. The predicted octanol–water partition coefficient (Wildman–Crippen LogP) is 4.83. The molecule has 4 aliphatic rings. The van der Waals surface area contributed by atoms with Gasteiger partial charge in [0.05, 0.1) is 18.6 Å². The zero-order valence-corrected chi connectivity index (χ0v) is 31.5. The number of nitrogens with one attached hydrogen (secondary N) is 1. The van der Waals surface area contributed by atoms with Crippen LogP contribution in [0.3, 0.4) is 0 Å². The molecule has 3 amide bonds. The molecule has 1 spiro atoms. The number of rotatable bonds is 10. The highest BCUT2D eigenvalue weighted by molar-refractivity contribution is 9.11. The largest absolute Gasteiger partial charge is 0.455 e. The number of carbonyl (C=O) groups excluding carboxylic acids is 4. The summed E-state index contributed by atoms with van der Waals surface area (Å²) < 4.78 is 19.2. The minimum absolute atomic E-state index is 0.0698. The fourth-order valence-electron chi connectivity index (χ4n) is 8.12. The highest BCUT2D eigenvalue weighted by Gasteiger charge is 2.75. The molecule has 0 unspecified atom stereocenters. The first-order valence-corrected chi connectivity index (χ1v) is 18.9. The molecule has 5 bridgehead atoms. The number of halogens is 1. The third-order valence-electron chi connectivity index (χ3n) is 10.6. The van der Waals surface area contributed by atoms with E-state index in [4.69, 9.17) is 14.2 Å².